The molecule has 1 nitrogen and oxygen atoms in total. The summed E-state index contributed by atoms with van der Waals surface area (Å²) < 4.78 is 13.1. The molecule has 1 aromatic carbocycles. The molecule has 1 heterocycles. The lowest BCUT2D eigenvalue weighted by molar-refractivity contribution is 0.628. The number of hydrogen-bond donors (Lipinski definition) is 1. The molecule has 78 valence electrons. The number of halogens is 2. The van der Waals surface area contributed by atoms with Gasteiger partial charge in [0.25, 0.3) is 0 Å². The van der Waals surface area contributed by atoms with E-state index < -0.39 is 0 Å². The highest BCUT2D eigenvalue weighted by Crippen LogP contribution is 2.28. The second-order valence-electron chi connectivity index (χ2n) is 3.16. The Morgan fingerprint density at radius 2 is 2.00 bits per heavy atom. The van der Waals surface area contributed by atoms with Gasteiger partial charge in [0.15, 0.2) is 0 Å². The van der Waals surface area contributed by atoms with Crippen molar-refractivity contribution in [1.29, 1.82) is 0 Å². The van der Waals surface area contributed by atoms with Crippen molar-refractivity contribution < 1.29 is 4.39 Å². The zero-order chi connectivity index (χ0) is 10.8. The summed E-state index contributed by atoms with van der Waals surface area (Å²) in [6.07, 6.45) is 0. The summed E-state index contributed by atoms with van der Waals surface area (Å²) in [4.78, 5) is 1.07. The van der Waals surface area contributed by atoms with Crippen molar-refractivity contribution in [2.24, 2.45) is 5.73 Å². The Morgan fingerprint density at radius 3 is 2.60 bits per heavy atom. The molecule has 0 fully saturated rings. The van der Waals surface area contributed by atoms with Gasteiger partial charge in [0.05, 0.1) is 0 Å². The third kappa shape index (κ3) is 2.37. The van der Waals surface area contributed by atoms with E-state index in [0.717, 1.165) is 16.0 Å². The minimum atomic E-state index is -0.321. The van der Waals surface area contributed by atoms with Gasteiger partial charge >= 0.3 is 0 Å². The molecular formula is C11H9ClFNS. The fourth-order valence-corrected chi connectivity index (χ4v) is 2.36. The van der Waals surface area contributed by atoms with Crippen LogP contribution < -0.4 is 5.73 Å². The molecule has 0 saturated carbocycles. The van der Waals surface area contributed by atoms with Gasteiger partial charge in [-0.15, -0.1) is 11.3 Å². The highest BCUT2D eigenvalue weighted by Gasteiger charge is 2.04. The van der Waals surface area contributed by atoms with Crippen molar-refractivity contribution in [2.45, 2.75) is 6.54 Å². The van der Waals surface area contributed by atoms with Gasteiger partial charge in [0, 0.05) is 16.4 Å². The van der Waals surface area contributed by atoms with Crippen LogP contribution in [0.3, 0.4) is 0 Å². The van der Waals surface area contributed by atoms with E-state index >= 15 is 0 Å². The molecule has 1 aromatic heterocycles. The van der Waals surface area contributed by atoms with E-state index in [1.807, 2.05) is 11.4 Å². The van der Waals surface area contributed by atoms with Gasteiger partial charge in [0.2, 0.25) is 0 Å². The summed E-state index contributed by atoms with van der Waals surface area (Å²) in [7, 11) is 0. The Hall–Kier alpha value is -0.900. The van der Waals surface area contributed by atoms with Crippen LogP contribution in [0.4, 0.5) is 4.39 Å². The summed E-state index contributed by atoms with van der Waals surface area (Å²) >= 11 is 7.34. The first-order valence-corrected chi connectivity index (χ1v) is 5.69. The Labute approximate surface area is 96.3 Å². The molecule has 0 aliphatic carbocycles. The molecule has 2 aromatic rings. The maximum atomic E-state index is 13.1. The van der Waals surface area contributed by atoms with Gasteiger partial charge in [-0.2, -0.15) is 0 Å². The normalized spacial score (nSPS) is 10.6. The molecule has 0 aliphatic heterocycles. The third-order valence-electron chi connectivity index (χ3n) is 2.05. The fraction of sp³-hybridized carbons (Fsp3) is 0.0909. The maximum absolute atomic E-state index is 13.1. The third-order valence-corrected chi connectivity index (χ3v) is 3.23. The molecule has 0 radical (unpaired) electrons. The van der Waals surface area contributed by atoms with Crippen LogP contribution in [0, 0.1) is 5.82 Å². The Bertz CT molecular complexity index is 461. The van der Waals surface area contributed by atoms with Gasteiger partial charge < -0.3 is 5.73 Å². The van der Waals surface area contributed by atoms with Crippen molar-refractivity contribution in [2.75, 3.05) is 0 Å². The highest BCUT2D eigenvalue weighted by molar-refractivity contribution is 7.10. The molecular weight excluding hydrogens is 233 g/mol. The predicted molar refractivity (Wildman–Crippen MR) is 62.6 cm³/mol. The topological polar surface area (TPSA) is 26.0 Å². The van der Waals surface area contributed by atoms with Crippen LogP contribution in [0.15, 0.2) is 29.6 Å². The quantitative estimate of drug-likeness (QED) is 0.853. The number of thiophene rings is 1. The van der Waals surface area contributed by atoms with E-state index in [4.69, 9.17) is 17.3 Å². The van der Waals surface area contributed by atoms with E-state index in [-0.39, 0.29) is 5.82 Å². The average molecular weight is 242 g/mol. The molecule has 2 rings (SSSR count). The second-order valence-corrected chi connectivity index (χ2v) is 4.60. The lowest BCUT2D eigenvalue weighted by Gasteiger charge is -1.99. The first-order valence-electron chi connectivity index (χ1n) is 4.43. The minimum absolute atomic E-state index is 0.321. The van der Waals surface area contributed by atoms with Crippen LogP contribution in [0.5, 0.6) is 0 Å². The van der Waals surface area contributed by atoms with Crippen molar-refractivity contribution in [3.8, 4) is 11.1 Å². The molecule has 0 spiro atoms. The monoisotopic (exact) mass is 241 g/mol. The van der Waals surface area contributed by atoms with Crippen molar-refractivity contribution in [3.63, 3.8) is 0 Å². The Balaban J connectivity index is 2.44. The van der Waals surface area contributed by atoms with Crippen LogP contribution in [0.1, 0.15) is 4.88 Å². The van der Waals surface area contributed by atoms with E-state index in [0.29, 0.717) is 11.6 Å². The fourth-order valence-electron chi connectivity index (χ4n) is 1.36. The highest BCUT2D eigenvalue weighted by atomic mass is 35.5. The largest absolute Gasteiger partial charge is 0.326 e. The number of nitrogens with two attached hydrogens (primary N) is 1. The number of benzene rings is 1. The van der Waals surface area contributed by atoms with Crippen LogP contribution in [-0.2, 0) is 6.54 Å². The van der Waals surface area contributed by atoms with Crippen molar-refractivity contribution >= 4 is 22.9 Å². The molecule has 0 aliphatic rings. The minimum Gasteiger partial charge on any atom is -0.326 e. The van der Waals surface area contributed by atoms with E-state index in [1.165, 1.54) is 12.1 Å². The standard InChI is InChI=1S/C11H9ClFNS/c12-9-1-7(2-10(13)4-9)8-3-11(5-14)15-6-8/h1-4,6H,5,14H2. The Kier molecular flexibility index (Phi) is 3.05. The summed E-state index contributed by atoms with van der Waals surface area (Å²) in [6.45, 7) is 0.508. The predicted octanol–water partition coefficient (Wildman–Crippen LogP) is 3.67. The van der Waals surface area contributed by atoms with Crippen LogP contribution in [0.2, 0.25) is 5.02 Å². The number of rotatable bonds is 2. The zero-order valence-electron chi connectivity index (χ0n) is 7.84. The van der Waals surface area contributed by atoms with Gasteiger partial charge in [-0.1, -0.05) is 11.6 Å². The molecule has 0 saturated heterocycles. The van der Waals surface area contributed by atoms with Gasteiger partial charge in [-0.3, -0.25) is 0 Å². The van der Waals surface area contributed by atoms with Crippen molar-refractivity contribution in [1.82, 2.24) is 0 Å². The first-order chi connectivity index (χ1) is 7.19. The van der Waals surface area contributed by atoms with Gasteiger partial charge in [-0.05, 0) is 40.8 Å². The van der Waals surface area contributed by atoms with Crippen molar-refractivity contribution in [3.05, 3.63) is 45.4 Å². The first kappa shape index (κ1) is 10.6. The summed E-state index contributed by atoms with van der Waals surface area (Å²) in [5, 5.41) is 2.36. The average Bonchev–Trinajstić information content (AvgIpc) is 2.64. The van der Waals surface area contributed by atoms with Crippen LogP contribution in [0.25, 0.3) is 11.1 Å². The van der Waals surface area contributed by atoms with Gasteiger partial charge in [0.1, 0.15) is 5.82 Å². The zero-order valence-corrected chi connectivity index (χ0v) is 9.41. The molecule has 0 unspecified atom stereocenters. The maximum Gasteiger partial charge on any atom is 0.125 e. The SMILES string of the molecule is NCc1cc(-c2cc(F)cc(Cl)c2)cs1. The molecule has 2 N–H and O–H groups in total. The number of hydrogen-bond acceptors (Lipinski definition) is 2. The molecule has 0 amide bonds. The molecule has 0 bridgehead atoms. The van der Waals surface area contributed by atoms with Crippen LogP contribution in [-0.4, -0.2) is 0 Å². The second kappa shape index (κ2) is 4.31. The smallest absolute Gasteiger partial charge is 0.125 e. The summed E-state index contributed by atoms with van der Waals surface area (Å²) in [6, 6.07) is 6.46. The van der Waals surface area contributed by atoms with Crippen LogP contribution >= 0.6 is 22.9 Å². The van der Waals surface area contributed by atoms with E-state index in [1.54, 1.807) is 17.4 Å². The molecule has 0 atom stereocenters. The summed E-state index contributed by atoms with van der Waals surface area (Å²) in [5.41, 5.74) is 7.26. The lowest BCUT2D eigenvalue weighted by Crippen LogP contribution is -1.91. The van der Waals surface area contributed by atoms with E-state index in [2.05, 4.69) is 0 Å². The Morgan fingerprint density at radius 1 is 1.20 bits per heavy atom. The summed E-state index contributed by atoms with van der Waals surface area (Å²) in [5.74, 6) is -0.321. The van der Waals surface area contributed by atoms with E-state index in [9.17, 15) is 4.39 Å². The molecule has 15 heavy (non-hydrogen) atoms. The van der Waals surface area contributed by atoms with Gasteiger partial charge in [-0.25, -0.2) is 4.39 Å². The molecule has 4 heteroatoms. The lowest BCUT2D eigenvalue weighted by atomic mass is 10.1.